The number of nitrogens with zero attached hydrogens (tertiary/aromatic N) is 2. The van der Waals surface area contributed by atoms with Crippen molar-refractivity contribution in [2.75, 3.05) is 24.8 Å². The van der Waals surface area contributed by atoms with E-state index in [9.17, 15) is 14.4 Å². The highest BCUT2D eigenvalue weighted by atomic mass is 16.5. The molecule has 3 amide bonds. The fraction of sp³-hybridized carbons (Fsp3) is 0.333. The second kappa shape index (κ2) is 11.7. The van der Waals surface area contributed by atoms with Crippen molar-refractivity contribution in [3.05, 3.63) is 48.0 Å². The van der Waals surface area contributed by atoms with Gasteiger partial charge in [-0.15, -0.1) is 0 Å². The van der Waals surface area contributed by atoms with Crippen molar-refractivity contribution in [3.63, 3.8) is 0 Å². The molecule has 0 fully saturated rings. The summed E-state index contributed by atoms with van der Waals surface area (Å²) in [6, 6.07) is 11.9. The molecule has 1 aliphatic heterocycles. The summed E-state index contributed by atoms with van der Waals surface area (Å²) in [5.41, 5.74) is 5.63. The van der Waals surface area contributed by atoms with Gasteiger partial charge in [-0.05, 0) is 45.0 Å². The summed E-state index contributed by atoms with van der Waals surface area (Å²) >= 11 is 0. The van der Waals surface area contributed by atoms with Gasteiger partial charge in [-0.1, -0.05) is 18.2 Å². The number of hydrogen-bond acceptors (Lipinski definition) is 7. The second-order valence-corrected chi connectivity index (χ2v) is 7.10. The molecule has 3 rings (SSSR count). The SMILES string of the molecule is CCOc1cc(C(=O)NNC(=O)C2=NN(c3ccccc3)C(=O)CC2)cc(OCC)c1OCC. The first-order valence-electron chi connectivity index (χ1n) is 11.1. The maximum absolute atomic E-state index is 12.8. The Bertz CT molecular complexity index is 1040. The Hall–Kier alpha value is -4.08. The third-order valence-electron chi connectivity index (χ3n) is 4.76. The summed E-state index contributed by atoms with van der Waals surface area (Å²) in [6.07, 6.45) is 0.291. The highest BCUT2D eigenvalue weighted by molar-refractivity contribution is 6.40. The van der Waals surface area contributed by atoms with E-state index in [0.717, 1.165) is 0 Å². The zero-order chi connectivity index (χ0) is 24.5. The highest BCUT2D eigenvalue weighted by Gasteiger charge is 2.26. The number of carbonyl (C=O) groups excluding carboxylic acids is 3. The first kappa shape index (κ1) is 24.6. The molecule has 10 heteroatoms. The molecule has 0 bridgehead atoms. The zero-order valence-electron chi connectivity index (χ0n) is 19.4. The number of para-hydroxylation sites is 1. The molecular formula is C24H28N4O6. The van der Waals surface area contributed by atoms with Gasteiger partial charge in [0.1, 0.15) is 5.71 Å². The van der Waals surface area contributed by atoms with Gasteiger partial charge in [0.25, 0.3) is 11.8 Å². The van der Waals surface area contributed by atoms with E-state index in [4.69, 9.17) is 14.2 Å². The van der Waals surface area contributed by atoms with Gasteiger partial charge >= 0.3 is 0 Å². The number of nitrogens with one attached hydrogen (secondary N) is 2. The highest BCUT2D eigenvalue weighted by Crippen LogP contribution is 2.39. The molecule has 1 heterocycles. The molecule has 0 spiro atoms. The van der Waals surface area contributed by atoms with E-state index in [-0.39, 0.29) is 30.0 Å². The third-order valence-corrected chi connectivity index (χ3v) is 4.76. The topological polar surface area (TPSA) is 119 Å². The first-order chi connectivity index (χ1) is 16.5. The number of rotatable bonds is 9. The lowest BCUT2D eigenvalue weighted by atomic mass is 10.1. The molecular weight excluding hydrogens is 440 g/mol. The van der Waals surface area contributed by atoms with Crippen molar-refractivity contribution < 1.29 is 28.6 Å². The van der Waals surface area contributed by atoms with Gasteiger partial charge in [-0.3, -0.25) is 25.2 Å². The molecule has 10 nitrogen and oxygen atoms in total. The van der Waals surface area contributed by atoms with Crippen molar-refractivity contribution in [2.45, 2.75) is 33.6 Å². The molecule has 34 heavy (non-hydrogen) atoms. The van der Waals surface area contributed by atoms with Crippen molar-refractivity contribution >= 4 is 29.1 Å². The van der Waals surface area contributed by atoms with Crippen molar-refractivity contribution in [2.24, 2.45) is 5.10 Å². The number of amides is 3. The summed E-state index contributed by atoms with van der Waals surface area (Å²) in [4.78, 5) is 37.6. The molecule has 2 aromatic rings. The number of hydrazine groups is 1. The van der Waals surface area contributed by atoms with E-state index in [2.05, 4.69) is 16.0 Å². The van der Waals surface area contributed by atoms with Crippen LogP contribution in [-0.4, -0.2) is 43.3 Å². The van der Waals surface area contributed by atoms with Crippen molar-refractivity contribution in [1.29, 1.82) is 0 Å². The van der Waals surface area contributed by atoms with Crippen LogP contribution in [0.5, 0.6) is 17.2 Å². The van der Waals surface area contributed by atoms with Crippen LogP contribution in [0.15, 0.2) is 47.6 Å². The molecule has 0 saturated heterocycles. The number of anilines is 1. The lowest BCUT2D eigenvalue weighted by Crippen LogP contribution is -2.47. The van der Waals surface area contributed by atoms with E-state index in [1.165, 1.54) is 17.1 Å². The predicted octanol–water partition coefficient (Wildman–Crippen LogP) is 2.83. The van der Waals surface area contributed by atoms with Crippen LogP contribution in [0.1, 0.15) is 44.0 Å². The number of hydrogen-bond donors (Lipinski definition) is 2. The Morgan fingerprint density at radius 3 is 2.06 bits per heavy atom. The average Bonchev–Trinajstić information content (AvgIpc) is 2.85. The smallest absolute Gasteiger partial charge is 0.285 e. The van der Waals surface area contributed by atoms with Gasteiger partial charge in [0, 0.05) is 18.4 Å². The molecule has 0 unspecified atom stereocenters. The van der Waals surface area contributed by atoms with Crippen LogP contribution < -0.4 is 30.1 Å². The van der Waals surface area contributed by atoms with Crippen molar-refractivity contribution in [1.82, 2.24) is 10.9 Å². The third kappa shape index (κ3) is 5.83. The fourth-order valence-corrected chi connectivity index (χ4v) is 3.27. The quantitative estimate of drug-likeness (QED) is 0.547. The molecule has 0 saturated carbocycles. The summed E-state index contributed by atoms with van der Waals surface area (Å²) in [7, 11) is 0. The maximum atomic E-state index is 12.8. The number of ether oxygens (including phenoxy) is 3. The summed E-state index contributed by atoms with van der Waals surface area (Å²) in [6.45, 7) is 6.59. The van der Waals surface area contributed by atoms with Gasteiger partial charge < -0.3 is 14.2 Å². The first-order valence-corrected chi connectivity index (χ1v) is 11.1. The minimum Gasteiger partial charge on any atom is -0.490 e. The number of hydrazone groups is 1. The van der Waals surface area contributed by atoms with Gasteiger partial charge in [-0.25, -0.2) is 5.01 Å². The average molecular weight is 469 g/mol. The lowest BCUT2D eigenvalue weighted by molar-refractivity contribution is -0.119. The maximum Gasteiger partial charge on any atom is 0.285 e. The number of carbonyl (C=O) groups is 3. The van der Waals surface area contributed by atoms with Crippen LogP contribution in [0.4, 0.5) is 5.69 Å². The van der Waals surface area contributed by atoms with E-state index in [0.29, 0.717) is 42.8 Å². The zero-order valence-corrected chi connectivity index (χ0v) is 19.4. The normalized spacial score (nSPS) is 13.1. The summed E-state index contributed by atoms with van der Waals surface area (Å²) in [5, 5.41) is 5.36. The molecule has 0 aromatic heterocycles. The lowest BCUT2D eigenvalue weighted by Gasteiger charge is -2.23. The summed E-state index contributed by atoms with van der Waals surface area (Å²) in [5.74, 6) is -0.267. The molecule has 180 valence electrons. The van der Waals surface area contributed by atoms with Gasteiger partial charge in [0.05, 0.1) is 25.5 Å². The minimum absolute atomic E-state index is 0.125. The molecule has 0 aliphatic carbocycles. The van der Waals surface area contributed by atoms with Crippen LogP contribution in [-0.2, 0) is 9.59 Å². The minimum atomic E-state index is -0.609. The molecule has 0 radical (unpaired) electrons. The monoisotopic (exact) mass is 468 g/mol. The van der Waals surface area contributed by atoms with Gasteiger partial charge in [0.2, 0.25) is 11.7 Å². The van der Waals surface area contributed by atoms with Crippen molar-refractivity contribution in [3.8, 4) is 17.2 Å². The van der Waals surface area contributed by atoms with E-state index >= 15 is 0 Å². The van der Waals surface area contributed by atoms with Crippen LogP contribution in [0.3, 0.4) is 0 Å². The molecule has 1 aliphatic rings. The molecule has 0 atom stereocenters. The Morgan fingerprint density at radius 1 is 0.882 bits per heavy atom. The standard InChI is InChI=1S/C24H28N4O6/c1-4-32-19-14-16(15-20(33-5-2)22(19)34-6-3)23(30)25-26-24(31)18-12-13-21(29)28(27-18)17-10-8-7-9-11-17/h7-11,14-15H,4-6,12-13H2,1-3H3,(H,25,30)(H,26,31). The Labute approximate surface area is 197 Å². The van der Waals surface area contributed by atoms with Gasteiger partial charge in [0.15, 0.2) is 11.5 Å². The molecule has 2 aromatic carbocycles. The number of benzene rings is 2. The fourth-order valence-electron chi connectivity index (χ4n) is 3.27. The van der Waals surface area contributed by atoms with E-state index in [1.54, 1.807) is 24.3 Å². The van der Waals surface area contributed by atoms with E-state index in [1.807, 2.05) is 26.8 Å². The predicted molar refractivity (Wildman–Crippen MR) is 126 cm³/mol. The second-order valence-electron chi connectivity index (χ2n) is 7.10. The van der Waals surface area contributed by atoms with Crippen LogP contribution in [0.2, 0.25) is 0 Å². The largest absolute Gasteiger partial charge is 0.490 e. The Morgan fingerprint density at radius 2 is 1.47 bits per heavy atom. The Kier molecular flexibility index (Phi) is 8.44. The van der Waals surface area contributed by atoms with Crippen LogP contribution in [0, 0.1) is 0 Å². The van der Waals surface area contributed by atoms with Crippen LogP contribution in [0.25, 0.3) is 0 Å². The van der Waals surface area contributed by atoms with Crippen LogP contribution >= 0.6 is 0 Å². The van der Waals surface area contributed by atoms with Gasteiger partial charge in [-0.2, -0.15) is 5.10 Å². The van der Waals surface area contributed by atoms with E-state index < -0.39 is 11.8 Å². The Balaban J connectivity index is 1.74. The summed E-state index contributed by atoms with van der Waals surface area (Å²) < 4.78 is 16.9. The molecule has 2 N–H and O–H groups in total.